The first-order valence-corrected chi connectivity index (χ1v) is 10.6. The van der Waals surface area contributed by atoms with Gasteiger partial charge in [0.2, 0.25) is 0 Å². The number of amides is 1. The van der Waals surface area contributed by atoms with Gasteiger partial charge in [0.1, 0.15) is 11.5 Å². The fourth-order valence-corrected chi connectivity index (χ4v) is 4.29. The number of hydrogen-bond acceptors (Lipinski definition) is 4. The van der Waals surface area contributed by atoms with E-state index < -0.39 is 0 Å². The number of hydrogen-bond donors (Lipinski definition) is 2. The molecule has 0 saturated carbocycles. The van der Waals surface area contributed by atoms with Gasteiger partial charge >= 0.3 is 0 Å². The van der Waals surface area contributed by atoms with Gasteiger partial charge in [0.15, 0.2) is 0 Å². The van der Waals surface area contributed by atoms with Crippen LogP contribution >= 0.6 is 0 Å². The fourth-order valence-electron chi connectivity index (χ4n) is 4.29. The molecule has 7 nitrogen and oxygen atoms in total. The van der Waals surface area contributed by atoms with E-state index >= 15 is 0 Å². The quantitative estimate of drug-likeness (QED) is 0.503. The molecule has 0 aliphatic heterocycles. The van der Waals surface area contributed by atoms with Gasteiger partial charge in [-0.3, -0.25) is 9.59 Å². The van der Waals surface area contributed by atoms with Crippen molar-refractivity contribution >= 4 is 16.9 Å². The monoisotopic (exact) mass is 429 g/mol. The highest BCUT2D eigenvalue weighted by Crippen LogP contribution is 2.30. The molecule has 2 N–H and O–H groups in total. The van der Waals surface area contributed by atoms with Crippen LogP contribution in [-0.2, 0) is 6.54 Å². The number of aryl methyl sites for hydroxylation is 3. The Morgan fingerprint density at radius 2 is 1.88 bits per heavy atom. The number of nitrogens with zero attached hydrogens (tertiary/aromatic N) is 3. The highest BCUT2D eigenvalue weighted by atomic mass is 16.2. The molecule has 1 amide bonds. The molecule has 1 atom stereocenters. The molecule has 0 radical (unpaired) electrons. The molecule has 0 saturated heterocycles. The largest absolute Gasteiger partial charge is 0.348 e. The lowest BCUT2D eigenvalue weighted by Gasteiger charge is -2.18. The molecule has 32 heavy (non-hydrogen) atoms. The van der Waals surface area contributed by atoms with Gasteiger partial charge in [-0.25, -0.2) is 9.97 Å². The molecular weight excluding hydrogens is 402 g/mol. The third kappa shape index (κ3) is 3.82. The van der Waals surface area contributed by atoms with Crippen LogP contribution in [0.25, 0.3) is 11.0 Å². The Balaban J connectivity index is 1.75. The van der Waals surface area contributed by atoms with E-state index in [-0.39, 0.29) is 24.1 Å². The summed E-state index contributed by atoms with van der Waals surface area (Å²) < 4.78 is 2.08. The van der Waals surface area contributed by atoms with Crippen molar-refractivity contribution in [2.24, 2.45) is 0 Å². The molecule has 0 bridgehead atoms. The minimum absolute atomic E-state index is 0.0169. The van der Waals surface area contributed by atoms with Gasteiger partial charge in [-0.1, -0.05) is 30.3 Å². The molecule has 0 aliphatic rings. The number of fused-ring (bicyclic) bond motifs is 1. The molecule has 0 spiro atoms. The number of H-pyrrole nitrogens is 1. The van der Waals surface area contributed by atoms with Gasteiger partial charge in [-0.05, 0) is 51.8 Å². The van der Waals surface area contributed by atoms with Crippen molar-refractivity contribution < 1.29 is 4.79 Å². The summed E-state index contributed by atoms with van der Waals surface area (Å²) in [5.41, 5.74) is 5.20. The van der Waals surface area contributed by atoms with Crippen LogP contribution in [0.15, 0.2) is 47.4 Å². The van der Waals surface area contributed by atoms with Crippen LogP contribution < -0.4 is 10.9 Å². The number of nitrogens with one attached hydrogen (secondary N) is 2. The lowest BCUT2D eigenvalue weighted by Crippen LogP contribution is -2.28. The maximum atomic E-state index is 13.3. The minimum atomic E-state index is -0.252. The smallest absolute Gasteiger partial charge is 0.254 e. The summed E-state index contributed by atoms with van der Waals surface area (Å²) in [6, 6.07) is 12.0. The third-order valence-electron chi connectivity index (χ3n) is 5.93. The summed E-state index contributed by atoms with van der Waals surface area (Å²) in [7, 11) is 0. The van der Waals surface area contributed by atoms with Crippen molar-refractivity contribution in [3.8, 4) is 0 Å². The lowest BCUT2D eigenvalue weighted by atomic mass is 10.1. The number of rotatable bonds is 5. The van der Waals surface area contributed by atoms with E-state index in [1.807, 2.05) is 52.0 Å². The van der Waals surface area contributed by atoms with E-state index in [9.17, 15) is 9.59 Å². The topological polar surface area (TPSA) is 92.7 Å². The molecule has 0 unspecified atom stereocenters. The molecule has 0 fully saturated rings. The zero-order valence-electron chi connectivity index (χ0n) is 19.0. The van der Waals surface area contributed by atoms with Crippen LogP contribution in [0.1, 0.15) is 57.2 Å². The van der Waals surface area contributed by atoms with Crippen molar-refractivity contribution in [1.29, 1.82) is 0 Å². The standard InChI is InChI=1S/C25H27N5O2/c1-14-11-15(2)28-24(31)20(14)12-27-25(32)22-17(4)30(16(3)19-9-7-6-8-10-19)23-21(22)13-26-18(5)29-23/h6-11,13,16H,12H2,1-5H3,(H,27,32)(H,28,31)/t16-/m1/s1. The van der Waals surface area contributed by atoms with Crippen molar-refractivity contribution in [1.82, 2.24) is 24.8 Å². The summed E-state index contributed by atoms with van der Waals surface area (Å²) >= 11 is 0. The summed E-state index contributed by atoms with van der Waals surface area (Å²) in [5, 5.41) is 3.63. The highest BCUT2D eigenvalue weighted by molar-refractivity contribution is 6.07. The van der Waals surface area contributed by atoms with Crippen LogP contribution in [-0.4, -0.2) is 25.4 Å². The summed E-state index contributed by atoms with van der Waals surface area (Å²) in [6.45, 7) is 9.72. The maximum absolute atomic E-state index is 13.3. The Labute approximate surface area is 186 Å². The highest BCUT2D eigenvalue weighted by Gasteiger charge is 2.24. The second-order valence-electron chi connectivity index (χ2n) is 8.20. The Morgan fingerprint density at radius 3 is 2.56 bits per heavy atom. The van der Waals surface area contributed by atoms with Gasteiger partial charge in [-0.2, -0.15) is 0 Å². The average Bonchev–Trinajstić information content (AvgIpc) is 3.03. The first-order valence-electron chi connectivity index (χ1n) is 10.6. The van der Waals surface area contributed by atoms with Gasteiger partial charge in [-0.15, -0.1) is 0 Å². The molecule has 7 heteroatoms. The van der Waals surface area contributed by atoms with Crippen LogP contribution in [0.4, 0.5) is 0 Å². The van der Waals surface area contributed by atoms with E-state index in [0.717, 1.165) is 28.2 Å². The maximum Gasteiger partial charge on any atom is 0.254 e. The molecule has 164 valence electrons. The number of aromatic nitrogens is 4. The second-order valence-corrected chi connectivity index (χ2v) is 8.20. The molecule has 1 aromatic carbocycles. The Hall–Kier alpha value is -3.74. The first-order chi connectivity index (χ1) is 15.3. The van der Waals surface area contributed by atoms with E-state index in [1.54, 1.807) is 6.20 Å². The number of carbonyl (C=O) groups is 1. The number of pyridine rings is 1. The van der Waals surface area contributed by atoms with Gasteiger partial charge in [0, 0.05) is 29.7 Å². The Kier molecular flexibility index (Phi) is 5.65. The predicted octanol–water partition coefficient (Wildman–Crippen LogP) is 3.89. The van der Waals surface area contributed by atoms with E-state index in [4.69, 9.17) is 0 Å². The number of aromatic amines is 1. The van der Waals surface area contributed by atoms with E-state index in [2.05, 4.69) is 43.9 Å². The molecule has 4 aromatic rings. The zero-order chi connectivity index (χ0) is 23.0. The average molecular weight is 430 g/mol. The first kappa shape index (κ1) is 21.5. The molecule has 4 rings (SSSR count). The Morgan fingerprint density at radius 1 is 1.16 bits per heavy atom. The molecule has 3 heterocycles. The molecule has 0 aliphatic carbocycles. The van der Waals surface area contributed by atoms with Gasteiger partial charge in [0.25, 0.3) is 11.5 Å². The predicted molar refractivity (Wildman–Crippen MR) is 125 cm³/mol. The van der Waals surface area contributed by atoms with Gasteiger partial charge < -0.3 is 14.9 Å². The minimum Gasteiger partial charge on any atom is -0.348 e. The third-order valence-corrected chi connectivity index (χ3v) is 5.93. The zero-order valence-corrected chi connectivity index (χ0v) is 19.0. The van der Waals surface area contributed by atoms with Crippen LogP contribution in [0.3, 0.4) is 0 Å². The summed E-state index contributed by atoms with van der Waals surface area (Å²) in [6.07, 6.45) is 1.71. The second kappa shape index (κ2) is 8.42. The van der Waals surface area contributed by atoms with Crippen molar-refractivity contribution in [2.45, 2.75) is 47.2 Å². The van der Waals surface area contributed by atoms with Crippen molar-refractivity contribution in [3.63, 3.8) is 0 Å². The van der Waals surface area contributed by atoms with Gasteiger partial charge in [0.05, 0.1) is 17.0 Å². The van der Waals surface area contributed by atoms with Crippen molar-refractivity contribution in [3.05, 3.63) is 92.4 Å². The van der Waals surface area contributed by atoms with Crippen LogP contribution in [0, 0.1) is 27.7 Å². The van der Waals surface area contributed by atoms with Crippen LogP contribution in [0.5, 0.6) is 0 Å². The van der Waals surface area contributed by atoms with E-state index in [0.29, 0.717) is 22.3 Å². The lowest BCUT2D eigenvalue weighted by molar-refractivity contribution is 0.0951. The number of benzene rings is 1. The molecule has 3 aromatic heterocycles. The normalized spacial score (nSPS) is 12.2. The van der Waals surface area contributed by atoms with E-state index in [1.165, 1.54) is 0 Å². The SMILES string of the molecule is Cc1ncc2c(C(=O)NCc3c(C)cc(C)[nH]c3=O)c(C)n([C@H](C)c3ccccc3)c2n1. The summed E-state index contributed by atoms with van der Waals surface area (Å²) in [5.74, 6) is 0.392. The molecular formula is C25H27N5O2. The van der Waals surface area contributed by atoms with Crippen LogP contribution in [0.2, 0.25) is 0 Å². The van der Waals surface area contributed by atoms with Crippen molar-refractivity contribution in [2.75, 3.05) is 0 Å². The summed E-state index contributed by atoms with van der Waals surface area (Å²) in [4.78, 5) is 37.4. The Bertz CT molecular complexity index is 1370. The number of carbonyl (C=O) groups excluding carboxylic acids is 1. The fraction of sp³-hybridized carbons (Fsp3) is 0.280.